The van der Waals surface area contributed by atoms with Crippen LogP contribution < -0.4 is 10.1 Å². The van der Waals surface area contributed by atoms with Crippen LogP contribution in [0.3, 0.4) is 0 Å². The number of hydrogen-bond acceptors (Lipinski definition) is 3. The van der Waals surface area contributed by atoms with Gasteiger partial charge in [-0.3, -0.25) is 4.79 Å². The highest BCUT2D eigenvalue weighted by Gasteiger charge is 2.57. The van der Waals surface area contributed by atoms with Crippen LogP contribution in [0.1, 0.15) is 44.9 Å². The highest BCUT2D eigenvalue weighted by atomic mass is 19.4. The Hall–Kier alpha value is -1.76. The van der Waals surface area contributed by atoms with Crippen molar-refractivity contribution in [3.8, 4) is 5.75 Å². The van der Waals surface area contributed by atoms with Crippen molar-refractivity contribution in [3.05, 3.63) is 24.3 Å². The molecule has 4 atom stereocenters. The fraction of sp³-hybridized carbons (Fsp3) is 0.632. The maximum absolute atomic E-state index is 12.5. The lowest BCUT2D eigenvalue weighted by Gasteiger charge is -2.60. The Morgan fingerprint density at radius 3 is 2.31 bits per heavy atom. The molecule has 142 valence electrons. The molecule has 2 N–H and O–H groups in total. The Bertz CT molecular complexity index is 687. The molecule has 1 amide bonds. The van der Waals surface area contributed by atoms with Gasteiger partial charge in [-0.25, -0.2) is 0 Å². The second-order valence-corrected chi connectivity index (χ2v) is 8.48. The molecule has 5 rings (SSSR count). The first-order valence-electron chi connectivity index (χ1n) is 9.00. The lowest BCUT2D eigenvalue weighted by Crippen LogP contribution is -2.56. The SMILES string of the molecule is O=C(CC12C[C@@H]3C[C@@H](CC(O)(C3)C1)C2)Nc1ccc(OC(F)(F)F)cc1. The zero-order valence-electron chi connectivity index (χ0n) is 14.3. The molecule has 2 unspecified atom stereocenters. The minimum Gasteiger partial charge on any atom is -0.406 e. The number of hydrogen-bond donors (Lipinski definition) is 2. The van der Waals surface area contributed by atoms with E-state index in [1.54, 1.807) is 0 Å². The van der Waals surface area contributed by atoms with Crippen molar-refractivity contribution in [1.82, 2.24) is 0 Å². The van der Waals surface area contributed by atoms with E-state index in [0.717, 1.165) is 32.1 Å². The molecule has 1 aromatic carbocycles. The van der Waals surface area contributed by atoms with Crippen LogP contribution in [0.25, 0.3) is 0 Å². The summed E-state index contributed by atoms with van der Waals surface area (Å²) in [4.78, 5) is 12.5. The van der Waals surface area contributed by atoms with E-state index in [1.165, 1.54) is 24.3 Å². The van der Waals surface area contributed by atoms with Crippen molar-refractivity contribution in [2.75, 3.05) is 5.32 Å². The molecule has 4 aliphatic rings. The van der Waals surface area contributed by atoms with Gasteiger partial charge in [0.25, 0.3) is 0 Å². The van der Waals surface area contributed by atoms with E-state index in [0.29, 0.717) is 30.4 Å². The molecule has 4 fully saturated rings. The van der Waals surface area contributed by atoms with E-state index in [-0.39, 0.29) is 17.1 Å². The second kappa shape index (κ2) is 5.87. The monoisotopic (exact) mass is 369 g/mol. The van der Waals surface area contributed by atoms with Crippen LogP contribution in [0.5, 0.6) is 5.75 Å². The van der Waals surface area contributed by atoms with Crippen molar-refractivity contribution in [1.29, 1.82) is 0 Å². The summed E-state index contributed by atoms with van der Waals surface area (Å²) < 4.78 is 40.4. The van der Waals surface area contributed by atoms with Crippen molar-refractivity contribution >= 4 is 11.6 Å². The predicted octanol–water partition coefficient (Wildman–Crippen LogP) is 4.25. The molecule has 0 aromatic heterocycles. The first kappa shape index (κ1) is 17.6. The van der Waals surface area contributed by atoms with Gasteiger partial charge in [-0.1, -0.05) is 0 Å². The van der Waals surface area contributed by atoms with Gasteiger partial charge in [0.2, 0.25) is 5.91 Å². The van der Waals surface area contributed by atoms with Gasteiger partial charge >= 0.3 is 6.36 Å². The molecular formula is C19H22F3NO3. The summed E-state index contributed by atoms with van der Waals surface area (Å²) in [6.07, 6.45) is 1.13. The van der Waals surface area contributed by atoms with Crippen LogP contribution in [0, 0.1) is 17.3 Å². The first-order chi connectivity index (χ1) is 12.1. The van der Waals surface area contributed by atoms with E-state index >= 15 is 0 Å². The lowest BCUT2D eigenvalue weighted by atomic mass is 9.47. The fourth-order valence-electron chi connectivity index (χ4n) is 5.89. The summed E-state index contributed by atoms with van der Waals surface area (Å²) >= 11 is 0. The number of nitrogens with one attached hydrogen (secondary N) is 1. The van der Waals surface area contributed by atoms with Gasteiger partial charge in [0, 0.05) is 12.1 Å². The summed E-state index contributed by atoms with van der Waals surface area (Å²) in [5.74, 6) is 0.541. The largest absolute Gasteiger partial charge is 0.573 e. The van der Waals surface area contributed by atoms with Gasteiger partial charge in [0.1, 0.15) is 5.75 Å². The van der Waals surface area contributed by atoms with Crippen LogP contribution >= 0.6 is 0 Å². The number of amides is 1. The third kappa shape index (κ3) is 3.68. The van der Waals surface area contributed by atoms with E-state index < -0.39 is 12.0 Å². The maximum atomic E-state index is 12.5. The van der Waals surface area contributed by atoms with Crippen LogP contribution in [0.15, 0.2) is 24.3 Å². The Kier molecular flexibility index (Phi) is 3.99. The highest BCUT2D eigenvalue weighted by molar-refractivity contribution is 5.91. The first-order valence-corrected chi connectivity index (χ1v) is 9.00. The molecule has 0 radical (unpaired) electrons. The van der Waals surface area contributed by atoms with Crippen molar-refractivity contribution in [2.45, 2.75) is 56.9 Å². The van der Waals surface area contributed by atoms with Crippen molar-refractivity contribution < 1.29 is 27.8 Å². The molecule has 0 saturated heterocycles. The fourth-order valence-corrected chi connectivity index (χ4v) is 5.89. The number of carbonyl (C=O) groups excluding carboxylic acids is 1. The summed E-state index contributed by atoms with van der Waals surface area (Å²) in [6, 6.07) is 5.14. The minimum atomic E-state index is -4.73. The number of benzene rings is 1. The zero-order valence-corrected chi connectivity index (χ0v) is 14.3. The number of aliphatic hydroxyl groups is 1. The molecule has 4 bridgehead atoms. The standard InChI is InChI=1S/C19H22F3NO3/c20-19(21,22)26-15-3-1-14(2-4-15)23-16(24)10-17-6-12-5-13(7-17)9-18(25,8-12)11-17/h1-4,12-13,25H,5-11H2,(H,23,24)/t12-,13+,17?,18?. The summed E-state index contributed by atoms with van der Waals surface area (Å²) in [7, 11) is 0. The molecule has 7 heteroatoms. The molecule has 4 aliphatic carbocycles. The zero-order chi connectivity index (χ0) is 18.6. The van der Waals surface area contributed by atoms with Crippen molar-refractivity contribution in [3.63, 3.8) is 0 Å². The van der Waals surface area contributed by atoms with Gasteiger partial charge < -0.3 is 15.2 Å². The topological polar surface area (TPSA) is 58.6 Å². The number of halogens is 3. The van der Waals surface area contributed by atoms with Gasteiger partial charge in [-0.15, -0.1) is 13.2 Å². The molecule has 4 nitrogen and oxygen atoms in total. The smallest absolute Gasteiger partial charge is 0.406 e. The van der Waals surface area contributed by atoms with Crippen LogP contribution in [-0.2, 0) is 4.79 Å². The van der Waals surface area contributed by atoms with Crippen molar-refractivity contribution in [2.24, 2.45) is 17.3 Å². The van der Waals surface area contributed by atoms with E-state index in [2.05, 4.69) is 10.1 Å². The van der Waals surface area contributed by atoms with Gasteiger partial charge in [0.15, 0.2) is 0 Å². The Morgan fingerprint density at radius 2 is 1.77 bits per heavy atom. The van der Waals surface area contributed by atoms with Gasteiger partial charge in [-0.2, -0.15) is 0 Å². The van der Waals surface area contributed by atoms with E-state index in [4.69, 9.17) is 0 Å². The van der Waals surface area contributed by atoms with Gasteiger partial charge in [0.05, 0.1) is 5.60 Å². The number of carbonyl (C=O) groups is 1. The number of anilines is 1. The average Bonchev–Trinajstić information content (AvgIpc) is 2.44. The quantitative estimate of drug-likeness (QED) is 0.834. The second-order valence-electron chi connectivity index (χ2n) is 8.48. The predicted molar refractivity (Wildman–Crippen MR) is 88.4 cm³/mol. The summed E-state index contributed by atoms with van der Waals surface area (Å²) in [5.41, 5.74) is -0.309. The average molecular weight is 369 g/mol. The molecule has 0 spiro atoms. The molecule has 0 aliphatic heterocycles. The van der Waals surface area contributed by atoms with Crippen LogP contribution in [0.4, 0.5) is 18.9 Å². The highest BCUT2D eigenvalue weighted by Crippen LogP contribution is 2.62. The minimum absolute atomic E-state index is 0.137. The number of rotatable bonds is 4. The molecule has 1 aromatic rings. The number of alkyl halides is 3. The molecular weight excluding hydrogens is 347 g/mol. The third-order valence-corrected chi connectivity index (χ3v) is 6.06. The number of ether oxygens (including phenoxy) is 1. The van der Waals surface area contributed by atoms with Crippen LogP contribution in [0.2, 0.25) is 0 Å². The Labute approximate surface area is 149 Å². The summed E-state index contributed by atoms with van der Waals surface area (Å²) in [5, 5.41) is 13.5. The molecule has 0 heterocycles. The Morgan fingerprint density at radius 1 is 1.15 bits per heavy atom. The van der Waals surface area contributed by atoms with E-state index in [9.17, 15) is 23.1 Å². The van der Waals surface area contributed by atoms with Gasteiger partial charge in [-0.05, 0) is 80.0 Å². The normalized spacial score (nSPS) is 35.4. The lowest BCUT2D eigenvalue weighted by molar-refractivity contribution is -0.274. The summed E-state index contributed by atoms with van der Waals surface area (Å²) in [6.45, 7) is 0. The maximum Gasteiger partial charge on any atom is 0.573 e. The van der Waals surface area contributed by atoms with Crippen LogP contribution in [-0.4, -0.2) is 23.0 Å². The molecule has 4 saturated carbocycles. The third-order valence-electron chi connectivity index (χ3n) is 6.06. The molecule has 26 heavy (non-hydrogen) atoms. The Balaban J connectivity index is 1.38. The van der Waals surface area contributed by atoms with E-state index in [1.807, 2.05) is 0 Å².